The molecule has 92 valence electrons. The topological polar surface area (TPSA) is 0 Å². The van der Waals surface area contributed by atoms with E-state index in [2.05, 4.69) is 71.4 Å². The Morgan fingerprint density at radius 1 is 0.600 bits per heavy atom. The average molecular weight is 481 g/mol. The first kappa shape index (κ1) is 21.4. The molecule has 0 aromatic carbocycles. The number of rotatable bonds is 6. The highest BCUT2D eigenvalue weighted by molar-refractivity contribution is 9.28. The molecular formula is H16P15-. The zero-order chi connectivity index (χ0) is 12.2. The average Bonchev–Trinajstić information content (AvgIpc) is 2.10. The lowest BCUT2D eigenvalue weighted by Crippen LogP contribution is -1.49. The van der Waals surface area contributed by atoms with Crippen LogP contribution >= 0.6 is 121 Å². The van der Waals surface area contributed by atoms with Gasteiger partial charge in [0.2, 0.25) is 0 Å². The Balaban J connectivity index is 4.84. The Morgan fingerprint density at radius 2 is 0.933 bits per heavy atom. The molecule has 0 aliphatic carbocycles. The molecule has 15 heteroatoms. The summed E-state index contributed by atoms with van der Waals surface area (Å²) in [5, 5.41) is 0. The van der Waals surface area contributed by atoms with Gasteiger partial charge in [0.1, 0.15) is 0 Å². The summed E-state index contributed by atoms with van der Waals surface area (Å²) in [6.07, 6.45) is 0. The minimum Gasteiger partial charge on any atom is -0.472 e. The molecule has 0 aromatic rings. The SMILES string of the molecule is P[P-]P(P)P(P(P)P)P(P(P)P)P(P)P. The van der Waals surface area contributed by atoms with Gasteiger partial charge < -0.3 is 7.96 Å². The van der Waals surface area contributed by atoms with Gasteiger partial charge in [-0.25, -0.2) is 6.99 Å². The van der Waals surface area contributed by atoms with Crippen molar-refractivity contribution in [3.05, 3.63) is 0 Å². The maximum absolute atomic E-state index is 3.13. The van der Waals surface area contributed by atoms with E-state index in [1.54, 1.807) is 0 Å². The first-order valence-corrected chi connectivity index (χ1v) is 29.4. The van der Waals surface area contributed by atoms with Gasteiger partial charge in [0, 0.05) is 0 Å². The van der Waals surface area contributed by atoms with Gasteiger partial charge in [-0.2, -0.15) is 0 Å². The molecule has 0 spiro atoms. The molecule has 0 radical (unpaired) electrons. The second kappa shape index (κ2) is 11.9. The van der Waals surface area contributed by atoms with Crippen LogP contribution in [-0.4, -0.2) is 0 Å². The first-order chi connectivity index (χ1) is 6.82. The fraction of sp³-hybridized carbons (Fsp3) is 0. The molecule has 0 heterocycles. The molecular weight excluding hydrogens is 465 g/mol. The predicted octanol–water partition coefficient (Wildman–Crippen LogP) is 8.63. The normalized spacial score (nSPS) is 17.6. The molecule has 0 nitrogen and oxygen atoms in total. The monoisotopic (exact) mass is 481 g/mol. The minimum absolute atomic E-state index is 0.0795. The van der Waals surface area contributed by atoms with Crippen molar-refractivity contribution in [3.63, 3.8) is 0 Å². The Kier molecular flexibility index (Phi) is 17.1. The summed E-state index contributed by atoms with van der Waals surface area (Å²) in [6.45, 7) is 0.761. The van der Waals surface area contributed by atoms with Crippen LogP contribution < -0.4 is 0 Å². The quantitative estimate of drug-likeness (QED) is 0.334. The molecule has 0 aliphatic rings. The van der Waals surface area contributed by atoms with Gasteiger partial charge in [-0.05, 0) is 34.9 Å². The highest BCUT2D eigenvalue weighted by Gasteiger charge is 2.30. The molecule has 10 atom stereocenters. The molecule has 0 N–H and O–H groups in total. The molecule has 0 saturated carbocycles. The maximum atomic E-state index is 3.13. The van der Waals surface area contributed by atoms with Crippen LogP contribution in [0.4, 0.5) is 0 Å². The van der Waals surface area contributed by atoms with E-state index in [0.717, 1.165) is 0 Å². The lowest BCUT2D eigenvalue weighted by molar-refractivity contribution is 4.57. The van der Waals surface area contributed by atoms with E-state index >= 15 is 0 Å². The number of hydrogen-bond acceptors (Lipinski definition) is 0. The van der Waals surface area contributed by atoms with Crippen molar-refractivity contribution in [2.24, 2.45) is 0 Å². The Hall–Kier alpha value is 6.45. The molecule has 0 bridgehead atoms. The Labute approximate surface area is 120 Å². The van der Waals surface area contributed by atoms with Crippen LogP contribution in [0.5, 0.6) is 0 Å². The third-order valence-electron chi connectivity index (χ3n) is 1.08. The fourth-order valence-corrected chi connectivity index (χ4v) is 153. The summed E-state index contributed by atoms with van der Waals surface area (Å²) in [5.74, 6) is 0. The zero-order valence-corrected chi connectivity index (χ0v) is 23.2. The highest BCUT2D eigenvalue weighted by atomic mass is 33.3. The van der Waals surface area contributed by atoms with Crippen molar-refractivity contribution in [1.29, 1.82) is 0 Å². The van der Waals surface area contributed by atoms with E-state index in [0.29, 0.717) is 0 Å². The van der Waals surface area contributed by atoms with Crippen molar-refractivity contribution >= 4 is 121 Å². The Bertz CT molecular complexity index is 147. The molecule has 0 aromatic heterocycles. The summed E-state index contributed by atoms with van der Waals surface area (Å²) in [5.41, 5.74) is 0. The van der Waals surface area contributed by atoms with Crippen LogP contribution in [0.25, 0.3) is 0 Å². The second-order valence-electron chi connectivity index (χ2n) is 2.11. The highest BCUT2D eigenvalue weighted by Crippen LogP contribution is 3.22. The van der Waals surface area contributed by atoms with Gasteiger partial charge in [-0.3, -0.25) is 8.93 Å². The molecule has 0 fully saturated rings. The predicted molar refractivity (Wildman–Crippen MR) is 126 cm³/mol. The van der Waals surface area contributed by atoms with Crippen LogP contribution in [0.1, 0.15) is 0 Å². The van der Waals surface area contributed by atoms with Crippen LogP contribution in [-0.2, 0) is 0 Å². The lowest BCUT2D eigenvalue weighted by Gasteiger charge is -2.44. The number of hydrogen-bond donors (Lipinski definition) is 0. The fourth-order valence-electron chi connectivity index (χ4n) is 0.630. The smallest absolute Gasteiger partial charge is 0.00785 e. The molecule has 0 aliphatic heterocycles. The van der Waals surface area contributed by atoms with Gasteiger partial charge in [0.25, 0.3) is 0 Å². The summed E-state index contributed by atoms with van der Waals surface area (Å²) < 4.78 is 0. The van der Waals surface area contributed by atoms with Gasteiger partial charge in [-0.15, -0.1) is 62.5 Å². The molecule has 15 heavy (non-hydrogen) atoms. The third-order valence-corrected chi connectivity index (χ3v) is 87.6. The first-order valence-electron chi connectivity index (χ1n) is 3.27. The van der Waals surface area contributed by atoms with Gasteiger partial charge in [0.05, 0.1) is 0 Å². The lowest BCUT2D eigenvalue weighted by atomic mass is 28.6. The van der Waals surface area contributed by atoms with Gasteiger partial charge in [-0.1, -0.05) is 0 Å². The minimum atomic E-state index is 0.0795. The van der Waals surface area contributed by atoms with Crippen molar-refractivity contribution in [3.8, 4) is 0 Å². The molecule has 0 rings (SSSR count). The van der Waals surface area contributed by atoms with E-state index in [4.69, 9.17) is 0 Å². The van der Waals surface area contributed by atoms with E-state index in [-0.39, 0.29) is 41.9 Å². The van der Waals surface area contributed by atoms with Crippen molar-refractivity contribution < 1.29 is 0 Å². The van der Waals surface area contributed by atoms with Crippen molar-refractivity contribution in [2.45, 2.75) is 0 Å². The second-order valence-corrected chi connectivity index (χ2v) is 57.0. The largest absolute Gasteiger partial charge is 0.472 e. The van der Waals surface area contributed by atoms with Gasteiger partial charge >= 0.3 is 0 Å². The van der Waals surface area contributed by atoms with Crippen LogP contribution in [0, 0.1) is 0 Å². The van der Waals surface area contributed by atoms with E-state index in [1.165, 1.54) is 7.96 Å². The summed E-state index contributed by atoms with van der Waals surface area (Å²) in [4.78, 5) is 0. The summed E-state index contributed by atoms with van der Waals surface area (Å²) in [7, 11) is 26.0. The van der Waals surface area contributed by atoms with Crippen LogP contribution in [0.3, 0.4) is 0 Å². The Morgan fingerprint density at radius 3 is 1.13 bits per heavy atom. The van der Waals surface area contributed by atoms with Crippen LogP contribution in [0.2, 0.25) is 0 Å². The van der Waals surface area contributed by atoms with E-state index in [9.17, 15) is 0 Å². The molecule has 10 unspecified atom stereocenters. The van der Waals surface area contributed by atoms with E-state index in [1.807, 2.05) is 0 Å². The summed E-state index contributed by atoms with van der Waals surface area (Å²) in [6, 6.07) is 0. The van der Waals surface area contributed by atoms with E-state index < -0.39 is 0 Å². The van der Waals surface area contributed by atoms with Crippen molar-refractivity contribution in [2.75, 3.05) is 0 Å². The standard InChI is InChI=1S/H16P15/c1-9-13(8)15(12(6)7)14(10(2)3)11(4)5/h1-8H2/q-1. The van der Waals surface area contributed by atoms with Crippen molar-refractivity contribution in [1.82, 2.24) is 0 Å². The van der Waals surface area contributed by atoms with Gasteiger partial charge in [0.15, 0.2) is 0 Å². The summed E-state index contributed by atoms with van der Waals surface area (Å²) >= 11 is 0. The molecule has 0 saturated heterocycles. The zero-order valence-electron chi connectivity index (χ0n) is 7.75. The third kappa shape index (κ3) is 8.60. The maximum Gasteiger partial charge on any atom is -0.00785 e. The van der Waals surface area contributed by atoms with Crippen LogP contribution in [0.15, 0.2) is 0 Å². The molecule has 0 amide bonds.